The number of carbonyl (C=O) groups is 3. The number of carbonyl (C=O) groups excluding carboxylic acids is 3. The molecule has 3 amide bonds. The predicted octanol–water partition coefficient (Wildman–Crippen LogP) is 0.00900. The van der Waals surface area contributed by atoms with Crippen molar-refractivity contribution in [3.8, 4) is 0 Å². The number of nitrogens with two attached hydrogens (primary N) is 2. The van der Waals surface area contributed by atoms with Crippen molar-refractivity contribution < 1.29 is 19.1 Å². The fourth-order valence-corrected chi connectivity index (χ4v) is 1.18. The van der Waals surface area contributed by atoms with E-state index in [0.717, 1.165) is 0 Å². The first-order valence-electron chi connectivity index (χ1n) is 5.07. The van der Waals surface area contributed by atoms with Crippen molar-refractivity contribution >= 4 is 23.6 Å². The molecule has 5 N–H and O–H groups in total. The van der Waals surface area contributed by atoms with E-state index in [4.69, 9.17) is 16.2 Å². The minimum atomic E-state index is -1.15. The highest BCUT2D eigenvalue weighted by Crippen LogP contribution is 2.12. The van der Waals surface area contributed by atoms with Crippen molar-refractivity contribution in [3.05, 3.63) is 29.8 Å². The van der Waals surface area contributed by atoms with Crippen molar-refractivity contribution in [2.75, 3.05) is 5.73 Å². The van der Waals surface area contributed by atoms with Gasteiger partial charge in [-0.15, -0.1) is 0 Å². The maximum atomic E-state index is 11.7. The van der Waals surface area contributed by atoms with Crippen LogP contribution in [0.15, 0.2) is 24.3 Å². The molecule has 0 saturated carbocycles. The standard InChI is InChI=1S/C11H13N3O4/c1-6(9(15)14-11(13)17)18-10(16)7-4-2-3-5-8(7)12/h2-6H,12H2,1H3,(H3,13,14,15,17). The molecule has 18 heavy (non-hydrogen) atoms. The Balaban J connectivity index is 2.68. The van der Waals surface area contributed by atoms with Gasteiger partial charge >= 0.3 is 12.0 Å². The van der Waals surface area contributed by atoms with Gasteiger partial charge in [-0.05, 0) is 19.1 Å². The molecule has 0 aliphatic heterocycles. The number of nitrogens with one attached hydrogen (secondary N) is 1. The molecule has 0 bridgehead atoms. The molecule has 1 rings (SSSR count). The number of primary amides is 1. The fraction of sp³-hybridized carbons (Fsp3) is 0.182. The van der Waals surface area contributed by atoms with Gasteiger partial charge in [0.2, 0.25) is 0 Å². The Bertz CT molecular complexity index is 487. The van der Waals surface area contributed by atoms with Crippen LogP contribution >= 0.6 is 0 Å². The topological polar surface area (TPSA) is 125 Å². The SMILES string of the molecule is CC(OC(=O)c1ccccc1N)C(=O)NC(N)=O. The maximum absolute atomic E-state index is 11.7. The highest BCUT2D eigenvalue weighted by molar-refractivity contribution is 5.99. The van der Waals surface area contributed by atoms with E-state index in [1.165, 1.54) is 19.1 Å². The number of anilines is 1. The second-order valence-corrected chi connectivity index (χ2v) is 3.49. The van der Waals surface area contributed by atoms with Gasteiger partial charge in [0.15, 0.2) is 6.10 Å². The lowest BCUT2D eigenvalue weighted by molar-refractivity contribution is -0.127. The van der Waals surface area contributed by atoms with Crippen molar-refractivity contribution in [2.45, 2.75) is 13.0 Å². The average molecular weight is 251 g/mol. The lowest BCUT2D eigenvalue weighted by Gasteiger charge is -2.12. The number of imide groups is 1. The molecule has 96 valence electrons. The smallest absolute Gasteiger partial charge is 0.341 e. The summed E-state index contributed by atoms with van der Waals surface area (Å²) in [6, 6.07) is 5.26. The summed E-state index contributed by atoms with van der Waals surface area (Å²) < 4.78 is 4.84. The number of ether oxygens (including phenoxy) is 1. The highest BCUT2D eigenvalue weighted by atomic mass is 16.5. The lowest BCUT2D eigenvalue weighted by Crippen LogP contribution is -2.42. The zero-order chi connectivity index (χ0) is 13.7. The van der Waals surface area contributed by atoms with Crippen LogP contribution in [0.2, 0.25) is 0 Å². The van der Waals surface area contributed by atoms with Gasteiger partial charge < -0.3 is 16.2 Å². The fourth-order valence-electron chi connectivity index (χ4n) is 1.18. The first-order valence-corrected chi connectivity index (χ1v) is 5.07. The molecule has 0 saturated heterocycles. The number of benzene rings is 1. The summed E-state index contributed by atoms with van der Waals surface area (Å²) in [4.78, 5) is 33.4. The molecular weight excluding hydrogens is 238 g/mol. The second kappa shape index (κ2) is 5.67. The summed E-state index contributed by atoms with van der Waals surface area (Å²) in [6.07, 6.45) is -1.15. The van der Waals surface area contributed by atoms with Gasteiger partial charge in [0, 0.05) is 5.69 Å². The van der Waals surface area contributed by atoms with E-state index >= 15 is 0 Å². The Morgan fingerprint density at radius 3 is 2.44 bits per heavy atom. The Kier molecular flexibility index (Phi) is 4.25. The number of rotatable bonds is 3. The minimum absolute atomic E-state index is 0.149. The summed E-state index contributed by atoms with van der Waals surface area (Å²) in [5, 5.41) is 1.81. The number of hydrogen-bond donors (Lipinski definition) is 3. The van der Waals surface area contributed by atoms with Crippen LogP contribution in [0.4, 0.5) is 10.5 Å². The van der Waals surface area contributed by atoms with Gasteiger partial charge in [0.25, 0.3) is 5.91 Å². The molecule has 0 radical (unpaired) electrons. The number of esters is 1. The first kappa shape index (κ1) is 13.5. The minimum Gasteiger partial charge on any atom is -0.449 e. The molecule has 0 aliphatic rings. The lowest BCUT2D eigenvalue weighted by atomic mass is 10.2. The third-order valence-corrected chi connectivity index (χ3v) is 2.08. The van der Waals surface area contributed by atoms with Crippen LogP contribution in [-0.4, -0.2) is 24.0 Å². The quantitative estimate of drug-likeness (QED) is 0.515. The molecule has 1 aromatic rings. The Morgan fingerprint density at radius 2 is 1.89 bits per heavy atom. The van der Waals surface area contributed by atoms with Crippen LogP contribution in [0, 0.1) is 0 Å². The van der Waals surface area contributed by atoms with Crippen molar-refractivity contribution in [1.29, 1.82) is 0 Å². The van der Waals surface area contributed by atoms with Crippen LogP contribution in [0.3, 0.4) is 0 Å². The van der Waals surface area contributed by atoms with E-state index in [1.807, 2.05) is 0 Å². The van der Waals surface area contributed by atoms with E-state index in [1.54, 1.807) is 17.4 Å². The summed E-state index contributed by atoms with van der Waals surface area (Å²) in [5.74, 6) is -1.55. The molecule has 0 spiro atoms. The zero-order valence-corrected chi connectivity index (χ0v) is 9.67. The average Bonchev–Trinajstić information content (AvgIpc) is 2.28. The highest BCUT2D eigenvalue weighted by Gasteiger charge is 2.20. The molecule has 7 heteroatoms. The van der Waals surface area contributed by atoms with Crippen molar-refractivity contribution in [3.63, 3.8) is 0 Å². The molecule has 0 aromatic heterocycles. The monoisotopic (exact) mass is 251 g/mol. The van der Waals surface area contributed by atoms with Crippen LogP contribution in [0.25, 0.3) is 0 Å². The Morgan fingerprint density at radius 1 is 1.28 bits per heavy atom. The number of nitrogen functional groups attached to an aromatic ring is 1. The molecule has 0 aliphatic carbocycles. The number of para-hydroxylation sites is 1. The van der Waals surface area contributed by atoms with Gasteiger partial charge in [0.05, 0.1) is 5.56 Å². The van der Waals surface area contributed by atoms with E-state index in [9.17, 15) is 14.4 Å². The van der Waals surface area contributed by atoms with Crippen LogP contribution < -0.4 is 16.8 Å². The van der Waals surface area contributed by atoms with Crippen molar-refractivity contribution in [1.82, 2.24) is 5.32 Å². The third-order valence-electron chi connectivity index (χ3n) is 2.08. The van der Waals surface area contributed by atoms with E-state index in [0.29, 0.717) is 0 Å². The van der Waals surface area contributed by atoms with E-state index in [2.05, 4.69) is 0 Å². The molecule has 1 unspecified atom stereocenters. The summed E-state index contributed by atoms with van der Waals surface area (Å²) in [6.45, 7) is 1.31. The van der Waals surface area contributed by atoms with Crippen LogP contribution in [0.1, 0.15) is 17.3 Å². The van der Waals surface area contributed by atoms with E-state index < -0.39 is 24.0 Å². The third kappa shape index (κ3) is 3.48. The normalized spacial score (nSPS) is 11.4. The molecule has 1 aromatic carbocycles. The first-order chi connectivity index (χ1) is 8.41. The molecule has 0 heterocycles. The van der Waals surface area contributed by atoms with Crippen molar-refractivity contribution in [2.24, 2.45) is 5.73 Å². The molecular formula is C11H13N3O4. The largest absolute Gasteiger partial charge is 0.449 e. The number of urea groups is 1. The van der Waals surface area contributed by atoms with Gasteiger partial charge in [-0.25, -0.2) is 9.59 Å². The number of amides is 3. The maximum Gasteiger partial charge on any atom is 0.341 e. The second-order valence-electron chi connectivity index (χ2n) is 3.49. The van der Waals surface area contributed by atoms with Crippen LogP contribution in [0.5, 0.6) is 0 Å². The Labute approximate surface area is 103 Å². The van der Waals surface area contributed by atoms with Gasteiger partial charge in [-0.3, -0.25) is 10.1 Å². The zero-order valence-electron chi connectivity index (χ0n) is 9.67. The summed E-state index contributed by atoms with van der Waals surface area (Å²) in [7, 11) is 0. The molecule has 1 atom stereocenters. The number of hydrogen-bond acceptors (Lipinski definition) is 5. The Hall–Kier alpha value is -2.57. The summed E-state index contributed by atoms with van der Waals surface area (Å²) in [5.41, 5.74) is 10.7. The summed E-state index contributed by atoms with van der Waals surface area (Å²) >= 11 is 0. The molecule has 7 nitrogen and oxygen atoms in total. The van der Waals surface area contributed by atoms with Crippen LogP contribution in [-0.2, 0) is 9.53 Å². The van der Waals surface area contributed by atoms with Gasteiger partial charge in [0.1, 0.15) is 0 Å². The predicted molar refractivity (Wildman–Crippen MR) is 63.5 cm³/mol. The van der Waals surface area contributed by atoms with Gasteiger partial charge in [-0.2, -0.15) is 0 Å². The molecule has 0 fully saturated rings. The van der Waals surface area contributed by atoms with Gasteiger partial charge in [-0.1, -0.05) is 12.1 Å². The van der Waals surface area contributed by atoms with E-state index in [-0.39, 0.29) is 11.3 Å².